The summed E-state index contributed by atoms with van der Waals surface area (Å²) in [7, 11) is 1.72. The van der Waals surface area contributed by atoms with Crippen molar-refractivity contribution in [3.63, 3.8) is 0 Å². The number of ether oxygens (including phenoxy) is 2. The van der Waals surface area contributed by atoms with Gasteiger partial charge in [-0.3, -0.25) is 4.99 Å². The number of aliphatic imine (C=N–C) groups is 1. The van der Waals surface area contributed by atoms with Crippen LogP contribution in [-0.4, -0.2) is 45.9 Å². The van der Waals surface area contributed by atoms with E-state index in [0.717, 1.165) is 50.7 Å². The van der Waals surface area contributed by atoms with E-state index < -0.39 is 0 Å². The fraction of sp³-hybridized carbons (Fsp3) is 0.611. The molecule has 23 heavy (non-hydrogen) atoms. The lowest BCUT2D eigenvalue weighted by Crippen LogP contribution is -2.38. The molecule has 0 radical (unpaired) electrons. The van der Waals surface area contributed by atoms with E-state index in [2.05, 4.69) is 34.7 Å². The highest BCUT2D eigenvalue weighted by Gasteiger charge is 2.09. The fourth-order valence-corrected chi connectivity index (χ4v) is 2.18. The molecule has 0 spiro atoms. The minimum atomic E-state index is -0.0235. The zero-order valence-electron chi connectivity index (χ0n) is 14.7. The summed E-state index contributed by atoms with van der Waals surface area (Å²) in [5, 5.41) is 6.62. The van der Waals surface area contributed by atoms with Gasteiger partial charge in [0.05, 0.1) is 6.54 Å². The standard InChI is InChI=1S/C18H31N3O2/c1-4-19-18(20-13-9-10-14-23-5-2)21-15-17(22-3)16-11-7-6-8-12-16/h6-8,11-12,17H,4-5,9-10,13-15H2,1-3H3,(H2,19,20,21). The van der Waals surface area contributed by atoms with Crippen molar-refractivity contribution in [2.24, 2.45) is 4.99 Å². The van der Waals surface area contributed by atoms with Gasteiger partial charge in [0, 0.05) is 33.4 Å². The molecule has 0 heterocycles. The van der Waals surface area contributed by atoms with Gasteiger partial charge in [0.25, 0.3) is 0 Å². The average Bonchev–Trinajstić information content (AvgIpc) is 2.59. The third-order valence-electron chi connectivity index (χ3n) is 3.43. The topological polar surface area (TPSA) is 54.9 Å². The van der Waals surface area contributed by atoms with E-state index in [1.165, 1.54) is 0 Å². The molecular formula is C18H31N3O2. The van der Waals surface area contributed by atoms with E-state index in [9.17, 15) is 0 Å². The van der Waals surface area contributed by atoms with Crippen molar-refractivity contribution in [2.75, 3.05) is 40.0 Å². The van der Waals surface area contributed by atoms with Gasteiger partial charge in [-0.2, -0.15) is 0 Å². The van der Waals surface area contributed by atoms with Crippen LogP contribution in [0.25, 0.3) is 0 Å². The summed E-state index contributed by atoms with van der Waals surface area (Å²) in [4.78, 5) is 4.63. The van der Waals surface area contributed by atoms with Crippen LogP contribution >= 0.6 is 0 Å². The molecule has 2 N–H and O–H groups in total. The van der Waals surface area contributed by atoms with Crippen molar-refractivity contribution < 1.29 is 9.47 Å². The van der Waals surface area contributed by atoms with Gasteiger partial charge in [0.1, 0.15) is 6.10 Å². The van der Waals surface area contributed by atoms with Crippen LogP contribution in [0.2, 0.25) is 0 Å². The summed E-state index contributed by atoms with van der Waals surface area (Å²) >= 11 is 0. The van der Waals surface area contributed by atoms with Crippen LogP contribution in [0, 0.1) is 0 Å². The number of nitrogens with one attached hydrogen (secondary N) is 2. The van der Waals surface area contributed by atoms with Crippen molar-refractivity contribution in [1.82, 2.24) is 10.6 Å². The van der Waals surface area contributed by atoms with E-state index in [-0.39, 0.29) is 6.10 Å². The predicted molar refractivity (Wildman–Crippen MR) is 95.9 cm³/mol. The second kappa shape index (κ2) is 12.9. The van der Waals surface area contributed by atoms with E-state index in [1.54, 1.807) is 7.11 Å². The molecule has 0 bridgehead atoms. The maximum Gasteiger partial charge on any atom is 0.191 e. The molecule has 0 aliphatic heterocycles. The first kappa shape index (κ1) is 19.5. The zero-order chi connectivity index (χ0) is 16.8. The van der Waals surface area contributed by atoms with Crippen LogP contribution in [-0.2, 0) is 9.47 Å². The Hall–Kier alpha value is -1.59. The Labute approximate surface area is 140 Å². The Balaban J connectivity index is 2.43. The molecule has 5 nitrogen and oxygen atoms in total. The molecule has 0 fully saturated rings. The maximum atomic E-state index is 5.56. The highest BCUT2D eigenvalue weighted by atomic mass is 16.5. The Morgan fingerprint density at radius 2 is 1.91 bits per heavy atom. The monoisotopic (exact) mass is 321 g/mol. The molecule has 1 unspecified atom stereocenters. The molecule has 1 rings (SSSR count). The molecule has 1 aromatic carbocycles. The van der Waals surface area contributed by atoms with Gasteiger partial charge in [-0.25, -0.2) is 0 Å². The van der Waals surface area contributed by atoms with Gasteiger partial charge in [0.15, 0.2) is 5.96 Å². The minimum absolute atomic E-state index is 0.0235. The highest BCUT2D eigenvalue weighted by Crippen LogP contribution is 2.16. The lowest BCUT2D eigenvalue weighted by Gasteiger charge is -2.16. The van der Waals surface area contributed by atoms with Gasteiger partial charge in [-0.1, -0.05) is 30.3 Å². The number of unbranched alkanes of at least 4 members (excludes halogenated alkanes) is 1. The number of guanidine groups is 1. The van der Waals surface area contributed by atoms with E-state index in [1.807, 2.05) is 25.1 Å². The lowest BCUT2D eigenvalue weighted by molar-refractivity contribution is 0.111. The van der Waals surface area contributed by atoms with Crippen molar-refractivity contribution in [3.05, 3.63) is 35.9 Å². The van der Waals surface area contributed by atoms with Gasteiger partial charge < -0.3 is 20.1 Å². The Morgan fingerprint density at radius 1 is 1.13 bits per heavy atom. The summed E-state index contributed by atoms with van der Waals surface area (Å²) in [5.74, 6) is 0.835. The first-order chi connectivity index (χ1) is 11.3. The molecule has 1 atom stereocenters. The quantitative estimate of drug-likeness (QED) is 0.374. The molecule has 0 aromatic heterocycles. The van der Waals surface area contributed by atoms with Crippen LogP contribution < -0.4 is 10.6 Å². The van der Waals surface area contributed by atoms with Crippen molar-refractivity contribution >= 4 is 5.96 Å². The molecule has 5 heteroatoms. The molecular weight excluding hydrogens is 290 g/mol. The van der Waals surface area contributed by atoms with Crippen molar-refractivity contribution in [3.8, 4) is 0 Å². The molecule has 0 saturated heterocycles. The number of benzene rings is 1. The summed E-state index contributed by atoms with van der Waals surface area (Å²) < 4.78 is 10.9. The SMILES string of the molecule is CCNC(=NCC(OC)c1ccccc1)NCCCCOCC. The largest absolute Gasteiger partial charge is 0.382 e. The Kier molecular flexibility index (Phi) is 10.9. The van der Waals surface area contributed by atoms with E-state index in [4.69, 9.17) is 9.47 Å². The lowest BCUT2D eigenvalue weighted by atomic mass is 10.1. The van der Waals surface area contributed by atoms with E-state index in [0.29, 0.717) is 6.54 Å². The molecule has 0 saturated carbocycles. The van der Waals surface area contributed by atoms with Crippen molar-refractivity contribution in [2.45, 2.75) is 32.8 Å². The van der Waals surface area contributed by atoms with Crippen LogP contribution in [0.4, 0.5) is 0 Å². The number of hydrogen-bond donors (Lipinski definition) is 2. The fourth-order valence-electron chi connectivity index (χ4n) is 2.18. The van der Waals surface area contributed by atoms with Crippen molar-refractivity contribution in [1.29, 1.82) is 0 Å². The van der Waals surface area contributed by atoms with Gasteiger partial charge in [-0.05, 0) is 32.3 Å². The molecule has 130 valence electrons. The van der Waals surface area contributed by atoms with E-state index >= 15 is 0 Å². The maximum absolute atomic E-state index is 5.56. The second-order valence-corrected chi connectivity index (χ2v) is 5.19. The average molecular weight is 321 g/mol. The van der Waals surface area contributed by atoms with Gasteiger partial charge in [0.2, 0.25) is 0 Å². The first-order valence-corrected chi connectivity index (χ1v) is 8.49. The molecule has 0 amide bonds. The molecule has 1 aromatic rings. The van der Waals surface area contributed by atoms with Crippen LogP contribution in [0.3, 0.4) is 0 Å². The van der Waals surface area contributed by atoms with Crippen LogP contribution in [0.15, 0.2) is 35.3 Å². The number of rotatable bonds is 11. The highest BCUT2D eigenvalue weighted by molar-refractivity contribution is 5.79. The summed E-state index contributed by atoms with van der Waals surface area (Å²) in [6, 6.07) is 10.2. The minimum Gasteiger partial charge on any atom is -0.382 e. The number of hydrogen-bond acceptors (Lipinski definition) is 3. The number of methoxy groups -OCH3 is 1. The summed E-state index contributed by atoms with van der Waals surface area (Å²) in [6.45, 7) is 8.02. The Bertz CT molecular complexity index is 424. The third-order valence-corrected chi connectivity index (χ3v) is 3.43. The summed E-state index contributed by atoms with van der Waals surface area (Å²) in [6.07, 6.45) is 2.10. The predicted octanol–water partition coefficient (Wildman–Crippen LogP) is 2.75. The number of nitrogens with zero attached hydrogens (tertiary/aromatic N) is 1. The normalized spacial score (nSPS) is 12.9. The molecule has 0 aliphatic rings. The van der Waals surface area contributed by atoms with Crippen LogP contribution in [0.5, 0.6) is 0 Å². The third kappa shape index (κ3) is 8.57. The van der Waals surface area contributed by atoms with Gasteiger partial charge in [-0.15, -0.1) is 0 Å². The summed E-state index contributed by atoms with van der Waals surface area (Å²) in [5.41, 5.74) is 1.14. The first-order valence-electron chi connectivity index (χ1n) is 8.49. The van der Waals surface area contributed by atoms with Gasteiger partial charge >= 0.3 is 0 Å². The second-order valence-electron chi connectivity index (χ2n) is 5.19. The zero-order valence-corrected chi connectivity index (χ0v) is 14.7. The van der Waals surface area contributed by atoms with Crippen LogP contribution in [0.1, 0.15) is 38.4 Å². The smallest absolute Gasteiger partial charge is 0.191 e. The Morgan fingerprint density at radius 3 is 2.57 bits per heavy atom. The molecule has 0 aliphatic carbocycles.